The molecule has 1 spiro atoms. The highest BCUT2D eigenvalue weighted by Crippen LogP contribution is 2.27. The largest absolute Gasteiger partial charge is 0.335 e. The highest BCUT2D eigenvalue weighted by molar-refractivity contribution is 7.08. The monoisotopic (exact) mass is 309 g/mol. The number of nitrogens with one attached hydrogen (secondary N) is 2. The fourth-order valence-corrected chi connectivity index (χ4v) is 3.39. The Labute approximate surface area is 125 Å². The first kappa shape index (κ1) is 13.9. The van der Waals surface area contributed by atoms with Crippen molar-refractivity contribution < 1.29 is 14.4 Å². The van der Waals surface area contributed by atoms with Crippen molar-refractivity contribution in [2.75, 3.05) is 13.1 Å². The second kappa shape index (κ2) is 5.06. The van der Waals surface area contributed by atoms with E-state index >= 15 is 0 Å². The van der Waals surface area contributed by atoms with Crippen molar-refractivity contribution in [2.24, 2.45) is 0 Å². The van der Waals surface area contributed by atoms with Crippen molar-refractivity contribution in [3.05, 3.63) is 10.6 Å². The SMILES string of the molecule is CCCc1nnsc1C(=O)N1CCC2(C1)NC(=O)NC2=O. The van der Waals surface area contributed by atoms with E-state index < -0.39 is 11.6 Å². The Hall–Kier alpha value is -2.03. The van der Waals surface area contributed by atoms with E-state index in [2.05, 4.69) is 20.2 Å². The van der Waals surface area contributed by atoms with Gasteiger partial charge in [-0.05, 0) is 24.4 Å². The Morgan fingerprint density at radius 1 is 1.48 bits per heavy atom. The van der Waals surface area contributed by atoms with Crippen LogP contribution < -0.4 is 10.6 Å². The van der Waals surface area contributed by atoms with E-state index in [9.17, 15) is 14.4 Å². The van der Waals surface area contributed by atoms with Gasteiger partial charge in [-0.15, -0.1) is 5.10 Å². The molecule has 2 fully saturated rings. The number of imide groups is 1. The third-order valence-electron chi connectivity index (χ3n) is 3.81. The van der Waals surface area contributed by atoms with Gasteiger partial charge in [0, 0.05) is 6.54 Å². The van der Waals surface area contributed by atoms with Gasteiger partial charge in [-0.3, -0.25) is 14.9 Å². The molecule has 0 aliphatic carbocycles. The van der Waals surface area contributed by atoms with E-state index in [1.807, 2.05) is 6.92 Å². The smallest absolute Gasteiger partial charge is 0.322 e. The Morgan fingerprint density at radius 3 is 2.95 bits per heavy atom. The van der Waals surface area contributed by atoms with E-state index in [-0.39, 0.29) is 18.4 Å². The Bertz CT molecular complexity index is 616. The zero-order valence-corrected chi connectivity index (χ0v) is 12.3. The Kier molecular flexibility index (Phi) is 3.36. The van der Waals surface area contributed by atoms with Crippen LogP contribution in [0.25, 0.3) is 0 Å². The summed E-state index contributed by atoms with van der Waals surface area (Å²) in [6.07, 6.45) is 2.01. The number of rotatable bonds is 3. The average molecular weight is 309 g/mol. The maximum atomic E-state index is 12.5. The van der Waals surface area contributed by atoms with Gasteiger partial charge in [-0.1, -0.05) is 17.8 Å². The average Bonchev–Trinajstić information content (AvgIpc) is 3.11. The van der Waals surface area contributed by atoms with Crippen LogP contribution in [0.2, 0.25) is 0 Å². The summed E-state index contributed by atoms with van der Waals surface area (Å²) in [6, 6.07) is -0.500. The van der Waals surface area contributed by atoms with Gasteiger partial charge in [0.1, 0.15) is 10.4 Å². The molecule has 1 aromatic heterocycles. The van der Waals surface area contributed by atoms with Gasteiger partial charge in [-0.25, -0.2) is 4.79 Å². The van der Waals surface area contributed by atoms with E-state index in [0.717, 1.165) is 18.0 Å². The minimum atomic E-state index is -0.976. The lowest BCUT2D eigenvalue weighted by molar-refractivity contribution is -0.123. The van der Waals surface area contributed by atoms with Crippen LogP contribution in [0.5, 0.6) is 0 Å². The number of aromatic nitrogens is 2. The minimum absolute atomic E-state index is 0.167. The summed E-state index contributed by atoms with van der Waals surface area (Å²) in [6.45, 7) is 2.62. The van der Waals surface area contributed by atoms with E-state index in [4.69, 9.17) is 0 Å². The Morgan fingerprint density at radius 2 is 2.29 bits per heavy atom. The molecule has 2 aliphatic rings. The van der Waals surface area contributed by atoms with Crippen LogP contribution in [0.15, 0.2) is 0 Å². The molecule has 3 rings (SSSR count). The topological polar surface area (TPSA) is 104 Å². The second-order valence-corrected chi connectivity index (χ2v) is 6.02. The molecule has 2 N–H and O–H groups in total. The Balaban J connectivity index is 1.77. The summed E-state index contributed by atoms with van der Waals surface area (Å²) in [5.74, 6) is -0.529. The van der Waals surface area contributed by atoms with Crippen LogP contribution in [0.3, 0.4) is 0 Å². The zero-order chi connectivity index (χ0) is 15.0. The number of nitrogens with zero attached hydrogens (tertiary/aromatic N) is 3. The van der Waals surface area contributed by atoms with Crippen molar-refractivity contribution in [2.45, 2.75) is 31.7 Å². The fraction of sp³-hybridized carbons (Fsp3) is 0.583. The second-order valence-electron chi connectivity index (χ2n) is 5.27. The third kappa shape index (κ3) is 2.27. The van der Waals surface area contributed by atoms with E-state index in [0.29, 0.717) is 30.0 Å². The summed E-state index contributed by atoms with van der Waals surface area (Å²) >= 11 is 1.08. The van der Waals surface area contributed by atoms with Crippen LogP contribution in [0.4, 0.5) is 4.79 Å². The summed E-state index contributed by atoms with van der Waals surface area (Å²) < 4.78 is 3.84. The molecule has 4 amide bonds. The minimum Gasteiger partial charge on any atom is -0.335 e. The molecular formula is C12H15N5O3S. The zero-order valence-electron chi connectivity index (χ0n) is 11.5. The lowest BCUT2D eigenvalue weighted by Crippen LogP contribution is -2.49. The molecule has 0 radical (unpaired) electrons. The quantitative estimate of drug-likeness (QED) is 0.760. The van der Waals surface area contributed by atoms with Crippen molar-refractivity contribution in [1.82, 2.24) is 25.1 Å². The highest BCUT2D eigenvalue weighted by Gasteiger charge is 2.51. The molecule has 0 bridgehead atoms. The number of hydrogen-bond donors (Lipinski definition) is 2. The molecule has 2 saturated heterocycles. The number of carbonyl (C=O) groups is 3. The standard InChI is InChI=1S/C12H15N5O3S/c1-2-3-7-8(21-16-15-7)9(18)17-5-4-12(6-17)10(19)13-11(20)14-12/h2-6H2,1H3,(H2,13,14,19,20). The molecule has 21 heavy (non-hydrogen) atoms. The van der Waals surface area contributed by atoms with Gasteiger partial charge in [0.15, 0.2) is 0 Å². The van der Waals surface area contributed by atoms with Crippen LogP contribution in [0.1, 0.15) is 35.1 Å². The van der Waals surface area contributed by atoms with Crippen molar-refractivity contribution in [3.8, 4) is 0 Å². The van der Waals surface area contributed by atoms with Gasteiger partial charge >= 0.3 is 6.03 Å². The first-order valence-electron chi connectivity index (χ1n) is 6.80. The summed E-state index contributed by atoms with van der Waals surface area (Å²) in [5, 5.41) is 8.84. The molecule has 1 atom stereocenters. The van der Waals surface area contributed by atoms with Gasteiger partial charge in [0.25, 0.3) is 11.8 Å². The molecule has 0 saturated carbocycles. The molecule has 8 nitrogen and oxygen atoms in total. The van der Waals surface area contributed by atoms with Crippen LogP contribution >= 0.6 is 11.5 Å². The predicted octanol–water partition coefficient (Wildman–Crippen LogP) is -0.0853. The third-order valence-corrected chi connectivity index (χ3v) is 4.56. The molecule has 2 aliphatic heterocycles. The van der Waals surface area contributed by atoms with Gasteiger partial charge in [0.2, 0.25) is 0 Å². The van der Waals surface area contributed by atoms with Crippen LogP contribution in [-0.2, 0) is 11.2 Å². The normalized spacial score (nSPS) is 24.5. The van der Waals surface area contributed by atoms with Crippen molar-refractivity contribution in [1.29, 1.82) is 0 Å². The number of likely N-dealkylation sites (tertiary alicyclic amines) is 1. The molecular weight excluding hydrogens is 294 g/mol. The summed E-state index contributed by atoms with van der Waals surface area (Å²) in [5.41, 5.74) is -0.274. The molecule has 112 valence electrons. The number of amides is 4. The van der Waals surface area contributed by atoms with Gasteiger partial charge < -0.3 is 10.2 Å². The summed E-state index contributed by atoms with van der Waals surface area (Å²) in [7, 11) is 0. The van der Waals surface area contributed by atoms with Crippen molar-refractivity contribution >= 4 is 29.4 Å². The summed E-state index contributed by atoms with van der Waals surface area (Å²) in [4.78, 5) is 37.8. The first-order valence-corrected chi connectivity index (χ1v) is 7.57. The predicted molar refractivity (Wildman–Crippen MR) is 73.8 cm³/mol. The maximum Gasteiger partial charge on any atom is 0.322 e. The molecule has 3 heterocycles. The molecule has 0 aromatic carbocycles. The number of aryl methyl sites for hydroxylation is 1. The van der Waals surface area contributed by atoms with E-state index in [1.165, 1.54) is 0 Å². The van der Waals surface area contributed by atoms with Crippen molar-refractivity contribution in [3.63, 3.8) is 0 Å². The number of carbonyl (C=O) groups excluding carboxylic acids is 3. The highest BCUT2D eigenvalue weighted by atomic mass is 32.1. The maximum absolute atomic E-state index is 12.5. The molecule has 1 unspecified atom stereocenters. The molecule has 1 aromatic rings. The van der Waals surface area contributed by atoms with Crippen LogP contribution in [0, 0.1) is 0 Å². The van der Waals surface area contributed by atoms with Crippen LogP contribution in [-0.4, -0.2) is 51.0 Å². The first-order chi connectivity index (χ1) is 10.1. The number of urea groups is 1. The fourth-order valence-electron chi connectivity index (χ4n) is 2.71. The van der Waals surface area contributed by atoms with Gasteiger partial charge in [-0.2, -0.15) is 0 Å². The van der Waals surface area contributed by atoms with E-state index in [1.54, 1.807) is 4.90 Å². The lowest BCUT2D eigenvalue weighted by Gasteiger charge is -2.20. The number of hydrogen-bond acceptors (Lipinski definition) is 6. The molecule has 9 heteroatoms. The lowest BCUT2D eigenvalue weighted by atomic mass is 9.99. The van der Waals surface area contributed by atoms with Gasteiger partial charge in [0.05, 0.1) is 12.2 Å².